The minimum atomic E-state index is -0.0278. The molecule has 0 saturated heterocycles. The van der Waals surface area contributed by atoms with E-state index in [9.17, 15) is 20.4 Å². The van der Waals surface area contributed by atoms with Gasteiger partial charge in [-0.1, -0.05) is 11.8 Å². The monoisotopic (exact) mass is 380 g/mol. The molecule has 136 valence electrons. The van der Waals surface area contributed by atoms with Gasteiger partial charge < -0.3 is 20.4 Å². The third-order valence-electron chi connectivity index (χ3n) is 4.10. The van der Waals surface area contributed by atoms with Crippen LogP contribution < -0.4 is 0 Å². The van der Waals surface area contributed by atoms with E-state index < -0.39 is 0 Å². The van der Waals surface area contributed by atoms with E-state index in [1.54, 1.807) is 11.8 Å². The van der Waals surface area contributed by atoms with Crippen molar-refractivity contribution in [2.75, 3.05) is 0 Å². The minimum absolute atomic E-state index is 0.0278. The van der Waals surface area contributed by atoms with E-state index in [0.717, 1.165) is 9.79 Å². The van der Waals surface area contributed by atoms with Crippen LogP contribution in [0.1, 0.15) is 0 Å². The quantitative estimate of drug-likeness (QED) is 0.425. The van der Waals surface area contributed by atoms with Crippen LogP contribution >= 0.6 is 11.8 Å². The summed E-state index contributed by atoms with van der Waals surface area (Å²) in [5.74, 6) is -0.111. The standard InChI is InChI=1S/C20H16N2O4S/c23-17-9-10-18(24)21(17)13-1-5-15(6-2-13)27-16-7-3-14(4-8-16)22-19(25)11-12-20(22)26/h1-12,23-26H. The molecule has 0 amide bonds. The molecule has 6 nitrogen and oxygen atoms in total. The van der Waals surface area contributed by atoms with Crippen molar-refractivity contribution in [3.05, 3.63) is 72.8 Å². The van der Waals surface area contributed by atoms with Crippen molar-refractivity contribution in [3.63, 3.8) is 0 Å². The lowest BCUT2D eigenvalue weighted by atomic mass is 10.3. The summed E-state index contributed by atoms with van der Waals surface area (Å²) in [6.07, 6.45) is 0. The van der Waals surface area contributed by atoms with E-state index >= 15 is 0 Å². The van der Waals surface area contributed by atoms with E-state index in [-0.39, 0.29) is 23.5 Å². The highest BCUT2D eigenvalue weighted by Gasteiger charge is 2.10. The molecule has 7 heteroatoms. The smallest absolute Gasteiger partial charge is 0.198 e. The molecular weight excluding hydrogens is 364 g/mol. The Morgan fingerprint density at radius 2 is 0.741 bits per heavy atom. The SMILES string of the molecule is Oc1ccc(O)n1-c1ccc(Sc2ccc(-n3c(O)ccc3O)cc2)cc1. The summed E-state index contributed by atoms with van der Waals surface area (Å²) in [4.78, 5) is 1.98. The Kier molecular flexibility index (Phi) is 4.21. The maximum Gasteiger partial charge on any atom is 0.198 e. The van der Waals surface area contributed by atoms with E-state index in [1.165, 1.54) is 33.4 Å². The molecule has 0 spiro atoms. The molecule has 0 fully saturated rings. The van der Waals surface area contributed by atoms with Crippen molar-refractivity contribution in [2.45, 2.75) is 9.79 Å². The summed E-state index contributed by atoms with van der Waals surface area (Å²) >= 11 is 1.55. The molecule has 2 aromatic carbocycles. The van der Waals surface area contributed by atoms with Crippen molar-refractivity contribution < 1.29 is 20.4 Å². The van der Waals surface area contributed by atoms with Crippen LogP contribution in [0, 0.1) is 0 Å². The average Bonchev–Trinajstić information content (AvgIpc) is 3.18. The fourth-order valence-corrected chi connectivity index (χ4v) is 3.64. The fourth-order valence-electron chi connectivity index (χ4n) is 2.82. The maximum atomic E-state index is 9.79. The highest BCUT2D eigenvalue weighted by molar-refractivity contribution is 7.99. The lowest BCUT2D eigenvalue weighted by molar-refractivity contribution is 0.401. The van der Waals surface area contributed by atoms with Crippen molar-refractivity contribution in [1.29, 1.82) is 0 Å². The zero-order chi connectivity index (χ0) is 19.0. The Hall–Kier alpha value is -3.45. The normalized spacial score (nSPS) is 11.0. The van der Waals surface area contributed by atoms with Crippen LogP contribution in [-0.2, 0) is 0 Å². The summed E-state index contributed by atoms with van der Waals surface area (Å²) in [5, 5.41) is 39.2. The number of aromatic hydroxyl groups is 4. The number of benzene rings is 2. The molecule has 4 rings (SSSR count). The second-order valence-corrected chi connectivity index (χ2v) is 7.01. The largest absolute Gasteiger partial charge is 0.494 e. The first-order chi connectivity index (χ1) is 13.0. The van der Waals surface area contributed by atoms with Crippen LogP contribution in [0.15, 0.2) is 82.6 Å². The summed E-state index contributed by atoms with van der Waals surface area (Å²) < 4.78 is 2.69. The lowest BCUT2D eigenvalue weighted by Gasteiger charge is -2.09. The van der Waals surface area contributed by atoms with Gasteiger partial charge in [-0.05, 0) is 48.5 Å². The first-order valence-electron chi connectivity index (χ1n) is 8.11. The second kappa shape index (κ2) is 6.69. The molecule has 4 aromatic rings. The summed E-state index contributed by atoms with van der Waals surface area (Å²) in [6, 6.07) is 20.6. The van der Waals surface area contributed by atoms with Gasteiger partial charge in [-0.2, -0.15) is 0 Å². The first kappa shape index (κ1) is 17.0. The summed E-state index contributed by atoms with van der Waals surface area (Å²) in [6.45, 7) is 0. The molecule has 0 aliphatic heterocycles. The van der Waals surface area contributed by atoms with Crippen LogP contribution in [0.4, 0.5) is 0 Å². The fraction of sp³-hybridized carbons (Fsp3) is 0. The van der Waals surface area contributed by atoms with Gasteiger partial charge in [0.2, 0.25) is 0 Å². The van der Waals surface area contributed by atoms with E-state index in [0.29, 0.717) is 11.4 Å². The summed E-state index contributed by atoms with van der Waals surface area (Å²) in [5.41, 5.74) is 1.32. The predicted molar refractivity (Wildman–Crippen MR) is 102 cm³/mol. The minimum Gasteiger partial charge on any atom is -0.494 e. The van der Waals surface area contributed by atoms with Crippen LogP contribution in [0.25, 0.3) is 11.4 Å². The molecule has 4 N–H and O–H groups in total. The summed E-state index contributed by atoms with van der Waals surface area (Å²) in [7, 11) is 0. The molecule has 0 bridgehead atoms. The van der Waals surface area contributed by atoms with Gasteiger partial charge in [-0.3, -0.25) is 9.13 Å². The van der Waals surface area contributed by atoms with Gasteiger partial charge in [0.15, 0.2) is 23.5 Å². The number of hydrogen-bond donors (Lipinski definition) is 4. The number of hydrogen-bond acceptors (Lipinski definition) is 5. The Balaban J connectivity index is 1.53. The third-order valence-corrected chi connectivity index (χ3v) is 5.12. The van der Waals surface area contributed by atoms with Crippen molar-refractivity contribution in [3.8, 4) is 34.9 Å². The van der Waals surface area contributed by atoms with Crippen LogP contribution in [0.3, 0.4) is 0 Å². The third kappa shape index (κ3) is 3.20. The van der Waals surface area contributed by atoms with Gasteiger partial charge in [0.1, 0.15) is 0 Å². The Morgan fingerprint density at radius 1 is 0.444 bits per heavy atom. The van der Waals surface area contributed by atoms with Gasteiger partial charge in [0.05, 0.1) is 11.4 Å². The number of aromatic nitrogens is 2. The van der Waals surface area contributed by atoms with E-state index in [1.807, 2.05) is 48.5 Å². The number of nitrogens with zero attached hydrogens (tertiary/aromatic N) is 2. The molecule has 2 aromatic heterocycles. The first-order valence-corrected chi connectivity index (χ1v) is 8.92. The topological polar surface area (TPSA) is 90.8 Å². The van der Waals surface area contributed by atoms with Crippen LogP contribution in [-0.4, -0.2) is 29.6 Å². The maximum absolute atomic E-state index is 9.79. The van der Waals surface area contributed by atoms with Crippen LogP contribution in [0.5, 0.6) is 23.5 Å². The molecule has 0 radical (unpaired) electrons. The molecule has 0 aliphatic rings. The highest BCUT2D eigenvalue weighted by atomic mass is 32.2. The van der Waals surface area contributed by atoms with Crippen molar-refractivity contribution >= 4 is 11.8 Å². The predicted octanol–water partition coefficient (Wildman–Crippen LogP) is 4.24. The Morgan fingerprint density at radius 3 is 1.04 bits per heavy atom. The zero-order valence-corrected chi connectivity index (χ0v) is 14.8. The molecule has 0 unspecified atom stereocenters. The van der Waals surface area contributed by atoms with Gasteiger partial charge in [0, 0.05) is 34.1 Å². The lowest BCUT2D eigenvalue weighted by Crippen LogP contribution is -1.92. The Bertz CT molecular complexity index is 956. The van der Waals surface area contributed by atoms with E-state index in [2.05, 4.69) is 0 Å². The average molecular weight is 380 g/mol. The molecular formula is C20H16N2O4S. The molecule has 0 saturated carbocycles. The van der Waals surface area contributed by atoms with Gasteiger partial charge in [-0.25, -0.2) is 0 Å². The van der Waals surface area contributed by atoms with Gasteiger partial charge >= 0.3 is 0 Å². The van der Waals surface area contributed by atoms with Crippen molar-refractivity contribution in [2.24, 2.45) is 0 Å². The van der Waals surface area contributed by atoms with Gasteiger partial charge in [0.25, 0.3) is 0 Å². The molecule has 0 atom stereocenters. The van der Waals surface area contributed by atoms with Crippen LogP contribution in [0.2, 0.25) is 0 Å². The Labute approximate surface area is 159 Å². The number of rotatable bonds is 4. The van der Waals surface area contributed by atoms with Gasteiger partial charge in [-0.15, -0.1) is 0 Å². The highest BCUT2D eigenvalue weighted by Crippen LogP contribution is 2.33. The zero-order valence-electron chi connectivity index (χ0n) is 14.0. The van der Waals surface area contributed by atoms with Crippen molar-refractivity contribution in [1.82, 2.24) is 9.13 Å². The van der Waals surface area contributed by atoms with E-state index in [4.69, 9.17) is 0 Å². The molecule has 0 aliphatic carbocycles. The molecule has 2 heterocycles. The molecule has 27 heavy (non-hydrogen) atoms. The second-order valence-electron chi connectivity index (χ2n) is 5.86.